The maximum Gasteiger partial charge on any atom is 0.270 e. The largest absolute Gasteiger partial charge is 0.348 e. The average molecular weight is 582 g/mol. The van der Waals surface area contributed by atoms with E-state index in [-0.39, 0.29) is 23.8 Å². The molecule has 40 heavy (non-hydrogen) atoms. The normalized spacial score (nSPS) is 16.5. The smallest absolute Gasteiger partial charge is 0.270 e. The Hall–Kier alpha value is -2.63. The second-order valence-electron chi connectivity index (χ2n) is 11.5. The molecule has 1 aliphatic heterocycles. The lowest BCUT2D eigenvalue weighted by Crippen LogP contribution is -2.38. The Morgan fingerprint density at radius 3 is 2.42 bits per heavy atom. The number of nitrogens with one attached hydrogen (secondary N) is 1. The van der Waals surface area contributed by atoms with Crippen molar-refractivity contribution in [3.8, 4) is 11.1 Å². The van der Waals surface area contributed by atoms with Crippen LogP contribution < -0.4 is 5.32 Å². The SMILES string of the molecule is CC(C)CCCC(C)NC(=O)c1csc(C2CCN(C(=O)c3ccccc3-c3ccc(C(C)(F)P)cc3)CC2)n1. The van der Waals surface area contributed by atoms with Gasteiger partial charge in [-0.15, -0.1) is 11.3 Å². The Kier molecular flexibility index (Phi) is 10.1. The van der Waals surface area contributed by atoms with Gasteiger partial charge in [-0.25, -0.2) is 9.37 Å². The Morgan fingerprint density at radius 2 is 1.77 bits per heavy atom. The minimum Gasteiger partial charge on any atom is -0.348 e. The highest BCUT2D eigenvalue weighted by Crippen LogP contribution is 2.35. The molecule has 1 fully saturated rings. The summed E-state index contributed by atoms with van der Waals surface area (Å²) >= 11 is 1.54. The summed E-state index contributed by atoms with van der Waals surface area (Å²) in [6, 6.07) is 15.0. The number of alkyl halides is 1. The number of hydrogen-bond acceptors (Lipinski definition) is 4. The van der Waals surface area contributed by atoms with Gasteiger partial charge in [0.15, 0.2) is 0 Å². The Bertz CT molecular complexity index is 1290. The first kappa shape index (κ1) is 30.3. The number of halogens is 1. The fourth-order valence-corrected chi connectivity index (χ4v) is 6.34. The van der Waals surface area contributed by atoms with Crippen LogP contribution in [0.4, 0.5) is 4.39 Å². The van der Waals surface area contributed by atoms with Crippen molar-refractivity contribution < 1.29 is 14.0 Å². The molecule has 0 bridgehead atoms. The van der Waals surface area contributed by atoms with E-state index in [0.717, 1.165) is 41.8 Å². The third kappa shape index (κ3) is 7.76. The third-order valence-electron chi connectivity index (χ3n) is 7.60. The van der Waals surface area contributed by atoms with E-state index < -0.39 is 5.41 Å². The zero-order valence-corrected chi connectivity index (χ0v) is 25.9. The third-order valence-corrected chi connectivity index (χ3v) is 8.94. The lowest BCUT2D eigenvalue weighted by atomic mass is 9.94. The van der Waals surface area contributed by atoms with Crippen LogP contribution in [-0.2, 0) is 5.41 Å². The van der Waals surface area contributed by atoms with E-state index >= 15 is 0 Å². The lowest BCUT2D eigenvalue weighted by molar-refractivity contribution is 0.0713. The van der Waals surface area contributed by atoms with E-state index in [2.05, 4.69) is 40.3 Å². The summed E-state index contributed by atoms with van der Waals surface area (Å²) < 4.78 is 14.3. The molecule has 8 heteroatoms. The summed E-state index contributed by atoms with van der Waals surface area (Å²) in [7, 11) is 2.22. The highest BCUT2D eigenvalue weighted by atomic mass is 32.1. The van der Waals surface area contributed by atoms with Gasteiger partial charge in [-0.05, 0) is 61.8 Å². The summed E-state index contributed by atoms with van der Waals surface area (Å²) in [5.41, 5.74) is 3.45. The highest BCUT2D eigenvalue weighted by molar-refractivity contribution is 7.18. The van der Waals surface area contributed by atoms with Crippen molar-refractivity contribution in [3.05, 3.63) is 75.7 Å². The van der Waals surface area contributed by atoms with Crippen LogP contribution in [0.15, 0.2) is 53.9 Å². The maximum absolute atomic E-state index is 14.3. The number of likely N-dealkylation sites (tertiary alicyclic amines) is 1. The molecule has 3 unspecified atom stereocenters. The molecule has 1 aliphatic rings. The van der Waals surface area contributed by atoms with Gasteiger partial charge in [0, 0.05) is 36.0 Å². The summed E-state index contributed by atoms with van der Waals surface area (Å²) in [6.45, 7) is 9.26. The molecule has 0 radical (unpaired) electrons. The van der Waals surface area contributed by atoms with Crippen molar-refractivity contribution in [3.63, 3.8) is 0 Å². The Balaban J connectivity index is 1.35. The molecule has 1 N–H and O–H groups in total. The zero-order valence-electron chi connectivity index (χ0n) is 24.0. The molecule has 1 saturated heterocycles. The number of piperidine rings is 1. The molecule has 2 aromatic carbocycles. The molecule has 2 heterocycles. The highest BCUT2D eigenvalue weighted by Gasteiger charge is 2.28. The minimum absolute atomic E-state index is 0.00478. The predicted octanol–water partition coefficient (Wildman–Crippen LogP) is 7.79. The average Bonchev–Trinajstić information content (AvgIpc) is 3.43. The van der Waals surface area contributed by atoms with Crippen molar-refractivity contribution in [1.29, 1.82) is 0 Å². The molecule has 1 aromatic heterocycles. The topological polar surface area (TPSA) is 62.3 Å². The van der Waals surface area contributed by atoms with E-state index in [1.807, 2.05) is 46.7 Å². The van der Waals surface area contributed by atoms with Gasteiger partial charge in [0.2, 0.25) is 0 Å². The molecule has 4 rings (SSSR count). The number of thiazole rings is 1. The van der Waals surface area contributed by atoms with Crippen LogP contribution in [0.1, 0.15) is 97.1 Å². The van der Waals surface area contributed by atoms with Crippen LogP contribution in [0, 0.1) is 5.92 Å². The van der Waals surface area contributed by atoms with E-state index in [1.54, 1.807) is 12.1 Å². The van der Waals surface area contributed by atoms with Crippen molar-refractivity contribution in [1.82, 2.24) is 15.2 Å². The van der Waals surface area contributed by atoms with Crippen molar-refractivity contribution in [2.75, 3.05) is 13.1 Å². The molecule has 3 atom stereocenters. The molecule has 214 valence electrons. The van der Waals surface area contributed by atoms with Gasteiger partial charge in [0.25, 0.3) is 11.8 Å². The van der Waals surface area contributed by atoms with Crippen molar-refractivity contribution in [2.45, 2.75) is 77.2 Å². The number of rotatable bonds is 10. The fourth-order valence-electron chi connectivity index (χ4n) is 5.18. The Labute approximate surface area is 244 Å². The van der Waals surface area contributed by atoms with Crippen LogP contribution in [0.2, 0.25) is 0 Å². The lowest BCUT2D eigenvalue weighted by Gasteiger charge is -2.31. The number of aromatic nitrogens is 1. The summed E-state index contributed by atoms with van der Waals surface area (Å²) in [6.07, 6.45) is 4.86. The molecule has 0 aliphatic carbocycles. The standard InChI is InChI=1S/C32H41FN3O2PS/c1-21(2)8-7-9-22(3)34-29(37)28-20-40-30(35-28)24-16-18-36(19-17-24)31(38)27-11-6-5-10-26(27)23-12-14-25(15-13-23)32(4,33)39/h5-6,10-15,20-22,24H,7-9,16-19,39H2,1-4H3,(H,34,37). The second-order valence-corrected chi connectivity index (χ2v) is 13.5. The number of carbonyl (C=O) groups excluding carboxylic acids is 2. The van der Waals surface area contributed by atoms with E-state index in [0.29, 0.717) is 35.8 Å². The van der Waals surface area contributed by atoms with Crippen LogP contribution in [-0.4, -0.2) is 40.8 Å². The summed E-state index contributed by atoms with van der Waals surface area (Å²) in [5.74, 6) is 0.813. The molecule has 3 aromatic rings. The minimum atomic E-state index is -1.49. The molecule has 2 amide bonds. The quantitative estimate of drug-likeness (QED) is 0.249. The monoisotopic (exact) mass is 581 g/mol. The Morgan fingerprint density at radius 1 is 1.10 bits per heavy atom. The van der Waals surface area contributed by atoms with Gasteiger partial charge in [-0.3, -0.25) is 9.59 Å². The molecular weight excluding hydrogens is 540 g/mol. The first-order valence-corrected chi connectivity index (χ1v) is 15.7. The summed E-state index contributed by atoms with van der Waals surface area (Å²) in [5, 5.41) is 4.42. The van der Waals surface area contributed by atoms with Crippen LogP contribution >= 0.6 is 20.6 Å². The number of benzene rings is 2. The number of nitrogens with zero attached hydrogens (tertiary/aromatic N) is 2. The first-order chi connectivity index (χ1) is 19.0. The number of amides is 2. The molecular formula is C32H41FN3O2PS. The fraction of sp³-hybridized carbons (Fsp3) is 0.469. The maximum atomic E-state index is 14.3. The van der Waals surface area contributed by atoms with E-state index in [9.17, 15) is 14.0 Å². The van der Waals surface area contributed by atoms with Crippen LogP contribution in [0.5, 0.6) is 0 Å². The van der Waals surface area contributed by atoms with Gasteiger partial charge in [-0.2, -0.15) is 0 Å². The second kappa shape index (κ2) is 13.4. The molecule has 0 saturated carbocycles. The van der Waals surface area contributed by atoms with Gasteiger partial charge < -0.3 is 10.2 Å². The van der Waals surface area contributed by atoms with Crippen LogP contribution in [0.25, 0.3) is 11.1 Å². The molecule has 5 nitrogen and oxygen atoms in total. The van der Waals surface area contributed by atoms with Crippen LogP contribution in [0.3, 0.4) is 0 Å². The first-order valence-electron chi connectivity index (χ1n) is 14.3. The molecule has 0 spiro atoms. The summed E-state index contributed by atoms with van der Waals surface area (Å²) in [4.78, 5) is 32.9. The van der Waals surface area contributed by atoms with Gasteiger partial charge in [0.1, 0.15) is 11.1 Å². The van der Waals surface area contributed by atoms with Crippen molar-refractivity contribution in [2.24, 2.45) is 5.92 Å². The van der Waals surface area contributed by atoms with Crippen molar-refractivity contribution >= 4 is 32.4 Å². The zero-order chi connectivity index (χ0) is 28.9. The number of carbonyl (C=O) groups is 2. The van der Waals surface area contributed by atoms with E-state index in [1.165, 1.54) is 24.7 Å². The van der Waals surface area contributed by atoms with Gasteiger partial charge >= 0.3 is 0 Å². The predicted molar refractivity (Wildman–Crippen MR) is 166 cm³/mol. The number of hydrogen-bond donors (Lipinski definition) is 1. The van der Waals surface area contributed by atoms with E-state index in [4.69, 9.17) is 0 Å². The van der Waals surface area contributed by atoms with Gasteiger partial charge in [-0.1, -0.05) is 78.4 Å². The van der Waals surface area contributed by atoms with Gasteiger partial charge in [0.05, 0.1) is 5.01 Å².